The fourth-order valence-corrected chi connectivity index (χ4v) is 1.05. The fourth-order valence-electron chi connectivity index (χ4n) is 0.804. The second-order valence-electron chi connectivity index (χ2n) is 1.93. The summed E-state index contributed by atoms with van der Waals surface area (Å²) in [5.74, 6) is -0.268. The van der Waals surface area contributed by atoms with Crippen LogP contribution in [0, 0.1) is 0 Å². The molecule has 0 radical (unpaired) electrons. The number of rotatable bonds is 1. The number of thiol groups is 1. The van der Waals surface area contributed by atoms with Crippen molar-refractivity contribution in [1.82, 2.24) is 10.2 Å². The summed E-state index contributed by atoms with van der Waals surface area (Å²) in [7, 11) is 0. The second kappa shape index (κ2) is 2.49. The Morgan fingerprint density at radius 3 is 2.50 bits per heavy atom. The van der Waals surface area contributed by atoms with Crippen LogP contribution in [-0.4, -0.2) is 28.8 Å². The van der Waals surface area contributed by atoms with Crippen molar-refractivity contribution in [3.05, 3.63) is 0 Å². The normalized spacial score (nSPS) is 25.4. The molecule has 0 spiro atoms. The molecule has 1 fully saturated rings. The zero-order chi connectivity index (χ0) is 7.72. The molecule has 1 rings (SSSR count). The molecule has 1 atom stereocenters. The van der Waals surface area contributed by atoms with Gasteiger partial charge in [0.25, 0.3) is 5.91 Å². The van der Waals surface area contributed by atoms with E-state index in [1.165, 1.54) is 0 Å². The van der Waals surface area contributed by atoms with Crippen molar-refractivity contribution in [2.75, 3.05) is 6.54 Å². The molecule has 0 aromatic carbocycles. The van der Waals surface area contributed by atoms with Crippen molar-refractivity contribution in [2.45, 2.75) is 12.3 Å². The number of hydrogen-bond donors (Lipinski definition) is 2. The van der Waals surface area contributed by atoms with Gasteiger partial charge in [-0.1, -0.05) is 0 Å². The molecule has 5 heteroatoms. The van der Waals surface area contributed by atoms with E-state index >= 15 is 0 Å². The van der Waals surface area contributed by atoms with Crippen LogP contribution < -0.4 is 5.32 Å². The first kappa shape index (κ1) is 7.40. The van der Waals surface area contributed by atoms with E-state index in [0.29, 0.717) is 6.54 Å². The van der Waals surface area contributed by atoms with Gasteiger partial charge in [-0.2, -0.15) is 0 Å². The number of carbonyl (C=O) groups excluding carboxylic acids is 2. The highest BCUT2D eigenvalue weighted by atomic mass is 32.1. The van der Waals surface area contributed by atoms with E-state index in [9.17, 15) is 9.59 Å². The van der Waals surface area contributed by atoms with Gasteiger partial charge in [0.1, 0.15) is 0 Å². The van der Waals surface area contributed by atoms with Crippen LogP contribution in [-0.2, 0) is 4.79 Å². The maximum atomic E-state index is 10.9. The van der Waals surface area contributed by atoms with E-state index in [1.54, 1.807) is 6.92 Å². The molecule has 1 aliphatic rings. The molecule has 0 bridgehead atoms. The average molecular weight is 160 g/mol. The maximum Gasteiger partial charge on any atom is 0.325 e. The summed E-state index contributed by atoms with van der Waals surface area (Å²) in [5.41, 5.74) is 0. The third-order valence-electron chi connectivity index (χ3n) is 1.32. The molecule has 1 heterocycles. The highest BCUT2D eigenvalue weighted by molar-refractivity contribution is 7.81. The molecule has 3 amide bonds. The van der Waals surface area contributed by atoms with Gasteiger partial charge in [-0.05, 0) is 6.92 Å². The maximum absolute atomic E-state index is 10.9. The Bertz CT molecular complexity index is 182. The minimum atomic E-state index is -0.646. The minimum absolute atomic E-state index is 0.268. The first-order chi connectivity index (χ1) is 4.66. The zero-order valence-corrected chi connectivity index (χ0v) is 6.39. The summed E-state index contributed by atoms with van der Waals surface area (Å²) in [4.78, 5) is 22.8. The van der Waals surface area contributed by atoms with Crippen LogP contribution >= 0.6 is 12.6 Å². The Balaban J connectivity index is 2.74. The topological polar surface area (TPSA) is 49.4 Å². The van der Waals surface area contributed by atoms with Crippen molar-refractivity contribution in [3.8, 4) is 0 Å². The van der Waals surface area contributed by atoms with Crippen molar-refractivity contribution in [1.29, 1.82) is 0 Å². The largest absolute Gasteiger partial charge is 0.325 e. The SMILES string of the molecule is CCN1C(=O)NC(S)C1=O. The Hall–Kier alpha value is -0.710. The van der Waals surface area contributed by atoms with Gasteiger partial charge in [0.2, 0.25) is 0 Å². The van der Waals surface area contributed by atoms with E-state index in [4.69, 9.17) is 0 Å². The lowest BCUT2D eigenvalue weighted by Gasteiger charge is -2.06. The smallest absolute Gasteiger partial charge is 0.317 e. The molecular formula is C5H8N2O2S. The summed E-state index contributed by atoms with van der Waals surface area (Å²) >= 11 is 3.84. The van der Waals surface area contributed by atoms with E-state index in [1.807, 2.05) is 0 Å². The van der Waals surface area contributed by atoms with Crippen LogP contribution in [0.1, 0.15) is 6.92 Å². The van der Waals surface area contributed by atoms with E-state index in [-0.39, 0.29) is 11.9 Å². The standard InChI is InChI=1S/C5H8N2O2S/c1-2-7-4(8)3(10)6-5(7)9/h3,10H,2H2,1H3,(H,6,9). The molecule has 56 valence electrons. The zero-order valence-electron chi connectivity index (χ0n) is 5.50. The van der Waals surface area contributed by atoms with Gasteiger partial charge < -0.3 is 5.32 Å². The van der Waals surface area contributed by atoms with Gasteiger partial charge in [0, 0.05) is 6.54 Å². The number of nitrogens with one attached hydrogen (secondary N) is 1. The Morgan fingerprint density at radius 2 is 2.30 bits per heavy atom. The molecule has 1 saturated heterocycles. The monoisotopic (exact) mass is 160 g/mol. The van der Waals surface area contributed by atoms with E-state index < -0.39 is 5.37 Å². The van der Waals surface area contributed by atoms with Crippen LogP contribution in [0.3, 0.4) is 0 Å². The molecule has 10 heavy (non-hydrogen) atoms. The Morgan fingerprint density at radius 1 is 1.70 bits per heavy atom. The summed E-state index contributed by atoms with van der Waals surface area (Å²) in [6.45, 7) is 2.14. The molecule has 0 aromatic rings. The van der Waals surface area contributed by atoms with Gasteiger partial charge >= 0.3 is 6.03 Å². The first-order valence-electron chi connectivity index (χ1n) is 2.96. The van der Waals surface area contributed by atoms with Crippen molar-refractivity contribution >= 4 is 24.6 Å². The van der Waals surface area contributed by atoms with E-state index in [0.717, 1.165) is 4.90 Å². The summed E-state index contributed by atoms with van der Waals surface area (Å²) < 4.78 is 0. The second-order valence-corrected chi connectivity index (χ2v) is 2.45. The van der Waals surface area contributed by atoms with Crippen LogP contribution in [0.25, 0.3) is 0 Å². The molecule has 0 aromatic heterocycles. The minimum Gasteiger partial charge on any atom is -0.317 e. The lowest BCUT2D eigenvalue weighted by atomic mass is 10.5. The number of nitrogens with zero attached hydrogens (tertiary/aromatic N) is 1. The predicted molar refractivity (Wildman–Crippen MR) is 38.7 cm³/mol. The van der Waals surface area contributed by atoms with Crippen LogP contribution in [0.2, 0.25) is 0 Å². The Labute approximate surface area is 64.0 Å². The lowest BCUT2D eigenvalue weighted by Crippen LogP contribution is -2.30. The average Bonchev–Trinajstić information content (AvgIpc) is 2.09. The summed E-state index contributed by atoms with van der Waals surface area (Å²) in [5, 5.41) is 1.72. The van der Waals surface area contributed by atoms with Crippen molar-refractivity contribution in [3.63, 3.8) is 0 Å². The van der Waals surface area contributed by atoms with Gasteiger partial charge in [0.05, 0.1) is 0 Å². The van der Waals surface area contributed by atoms with Crippen molar-refractivity contribution < 1.29 is 9.59 Å². The number of hydrogen-bond acceptors (Lipinski definition) is 3. The van der Waals surface area contributed by atoms with Crippen LogP contribution in [0.5, 0.6) is 0 Å². The third kappa shape index (κ3) is 0.965. The van der Waals surface area contributed by atoms with Crippen LogP contribution in [0.15, 0.2) is 0 Å². The van der Waals surface area contributed by atoms with Gasteiger partial charge in [0.15, 0.2) is 5.37 Å². The lowest BCUT2D eigenvalue weighted by molar-refractivity contribution is -0.125. The third-order valence-corrected chi connectivity index (χ3v) is 1.67. The quantitative estimate of drug-likeness (QED) is 0.413. The predicted octanol–water partition coefficient (Wildman–Crippen LogP) is -0.186. The van der Waals surface area contributed by atoms with Gasteiger partial charge in [-0.3, -0.25) is 9.69 Å². The number of carbonyl (C=O) groups is 2. The molecule has 4 nitrogen and oxygen atoms in total. The van der Waals surface area contributed by atoms with Gasteiger partial charge in [-0.15, -0.1) is 12.6 Å². The molecule has 1 aliphatic heterocycles. The van der Waals surface area contributed by atoms with Crippen LogP contribution in [0.4, 0.5) is 4.79 Å². The number of likely N-dealkylation sites (N-methyl/N-ethyl adjacent to an activating group) is 1. The molecule has 0 aliphatic carbocycles. The van der Waals surface area contributed by atoms with E-state index in [2.05, 4.69) is 17.9 Å². The summed E-state index contributed by atoms with van der Waals surface area (Å²) in [6, 6.07) is -0.354. The van der Waals surface area contributed by atoms with Gasteiger partial charge in [-0.25, -0.2) is 4.79 Å². The molecule has 1 unspecified atom stereocenters. The number of urea groups is 1. The number of imide groups is 1. The Kier molecular flexibility index (Phi) is 1.85. The highest BCUT2D eigenvalue weighted by Crippen LogP contribution is 2.07. The summed E-state index contributed by atoms with van der Waals surface area (Å²) in [6.07, 6.45) is 0. The van der Waals surface area contributed by atoms with Crippen molar-refractivity contribution in [2.24, 2.45) is 0 Å². The first-order valence-corrected chi connectivity index (χ1v) is 3.48. The molecule has 0 saturated carbocycles. The molecular weight excluding hydrogens is 152 g/mol. The molecule has 1 N–H and O–H groups in total. The highest BCUT2D eigenvalue weighted by Gasteiger charge is 2.34. The fraction of sp³-hybridized carbons (Fsp3) is 0.600. The number of amides is 3.